The number of aliphatic carboxylic acids is 1. The van der Waals surface area contributed by atoms with Crippen LogP contribution in [0.15, 0.2) is 23.1 Å². The van der Waals surface area contributed by atoms with Crippen molar-refractivity contribution >= 4 is 39.3 Å². The number of benzene rings is 1. The highest BCUT2D eigenvalue weighted by Gasteiger charge is 2.01. The monoisotopic (exact) mass is 238 g/mol. The largest absolute Gasteiger partial charge is 0.549 e. The van der Waals surface area contributed by atoms with E-state index in [1.807, 2.05) is 25.1 Å². The van der Waals surface area contributed by atoms with Crippen molar-refractivity contribution in [1.29, 1.82) is 0 Å². The summed E-state index contributed by atoms with van der Waals surface area (Å²) < 4.78 is 1.13. The van der Waals surface area contributed by atoms with E-state index < -0.39 is 5.97 Å². The number of aryl methyl sites for hydroxylation is 1. The van der Waals surface area contributed by atoms with Gasteiger partial charge in [0.1, 0.15) is 0 Å². The third-order valence-electron chi connectivity index (χ3n) is 1.82. The Bertz CT molecular complexity index is 507. The molecular formula is C10H8NO2S2-. The van der Waals surface area contributed by atoms with Crippen LogP contribution in [-0.4, -0.2) is 16.7 Å². The lowest BCUT2D eigenvalue weighted by molar-refractivity contribution is -0.301. The second kappa shape index (κ2) is 4.20. The van der Waals surface area contributed by atoms with Crippen molar-refractivity contribution in [2.75, 3.05) is 5.75 Å². The molecule has 5 heteroatoms. The first kappa shape index (κ1) is 10.4. The average molecular weight is 238 g/mol. The van der Waals surface area contributed by atoms with Crippen LogP contribution in [0.4, 0.5) is 0 Å². The van der Waals surface area contributed by atoms with Gasteiger partial charge in [-0.25, -0.2) is 4.98 Å². The highest BCUT2D eigenvalue weighted by molar-refractivity contribution is 8.00. The van der Waals surface area contributed by atoms with E-state index in [4.69, 9.17) is 0 Å². The van der Waals surface area contributed by atoms with Gasteiger partial charge < -0.3 is 9.90 Å². The lowest BCUT2D eigenvalue weighted by Gasteiger charge is -2.01. The van der Waals surface area contributed by atoms with Gasteiger partial charge in [-0.15, -0.1) is 23.1 Å². The number of rotatable bonds is 3. The number of aromatic nitrogens is 1. The molecule has 0 unspecified atom stereocenters. The summed E-state index contributed by atoms with van der Waals surface area (Å²) >= 11 is 2.89. The van der Waals surface area contributed by atoms with E-state index >= 15 is 0 Å². The molecule has 1 heterocycles. The number of carboxylic acids is 1. The first-order valence-corrected chi connectivity index (χ1v) is 6.15. The van der Waals surface area contributed by atoms with Crippen molar-refractivity contribution < 1.29 is 9.90 Å². The summed E-state index contributed by atoms with van der Waals surface area (Å²) in [7, 11) is 0. The van der Waals surface area contributed by atoms with Gasteiger partial charge in [0.2, 0.25) is 0 Å². The number of nitrogens with zero attached hydrogens (tertiary/aromatic N) is 1. The Hall–Kier alpha value is -1.07. The van der Waals surface area contributed by atoms with Crippen LogP contribution in [-0.2, 0) is 4.79 Å². The Labute approximate surface area is 95.1 Å². The first-order valence-electron chi connectivity index (χ1n) is 4.35. The lowest BCUT2D eigenvalue weighted by atomic mass is 10.3. The van der Waals surface area contributed by atoms with Gasteiger partial charge in [0.25, 0.3) is 0 Å². The van der Waals surface area contributed by atoms with E-state index in [1.165, 1.54) is 11.8 Å². The van der Waals surface area contributed by atoms with Gasteiger partial charge in [-0.3, -0.25) is 0 Å². The Morgan fingerprint density at radius 3 is 3.13 bits per heavy atom. The molecule has 1 aromatic heterocycles. The zero-order valence-electron chi connectivity index (χ0n) is 8.02. The normalized spacial score (nSPS) is 10.7. The summed E-state index contributed by atoms with van der Waals surface area (Å²) in [4.78, 5) is 15.6. The number of hydrogen-bond donors (Lipinski definition) is 0. The van der Waals surface area contributed by atoms with Crippen LogP contribution >= 0.6 is 23.1 Å². The van der Waals surface area contributed by atoms with Crippen LogP contribution in [0, 0.1) is 6.92 Å². The van der Waals surface area contributed by atoms with Gasteiger partial charge in [-0.2, -0.15) is 0 Å². The standard InChI is InChI=1S/C10H9NO2S2/c1-6-11-8-4-7(14-5-10(12)13)2-3-9(8)15-6/h2-4H,5H2,1H3,(H,12,13)/p-1. The smallest absolute Gasteiger partial charge is 0.0907 e. The number of carbonyl (C=O) groups is 1. The number of carbonyl (C=O) groups excluding carboxylic acids is 1. The third-order valence-corrected chi connectivity index (χ3v) is 3.74. The van der Waals surface area contributed by atoms with Crippen molar-refractivity contribution in [3.63, 3.8) is 0 Å². The lowest BCUT2D eigenvalue weighted by Crippen LogP contribution is -2.24. The number of thiazole rings is 1. The third kappa shape index (κ3) is 2.49. The van der Waals surface area contributed by atoms with E-state index in [0.717, 1.165) is 20.1 Å². The Morgan fingerprint density at radius 1 is 1.60 bits per heavy atom. The molecule has 0 saturated heterocycles. The van der Waals surface area contributed by atoms with Crippen molar-refractivity contribution in [3.8, 4) is 0 Å². The molecule has 0 aliphatic carbocycles. The summed E-state index contributed by atoms with van der Waals surface area (Å²) in [5, 5.41) is 11.3. The Kier molecular flexibility index (Phi) is 2.93. The first-order chi connectivity index (χ1) is 7.15. The molecule has 1 aromatic carbocycles. The molecule has 0 atom stereocenters. The summed E-state index contributed by atoms with van der Waals surface area (Å²) in [6, 6.07) is 5.79. The van der Waals surface area contributed by atoms with E-state index in [1.54, 1.807) is 11.3 Å². The average Bonchev–Trinajstić information content (AvgIpc) is 2.53. The molecule has 0 N–H and O–H groups in total. The van der Waals surface area contributed by atoms with Gasteiger partial charge in [0.05, 0.1) is 21.2 Å². The molecule has 15 heavy (non-hydrogen) atoms. The molecule has 0 aliphatic rings. The summed E-state index contributed by atoms with van der Waals surface area (Å²) in [6.45, 7) is 1.96. The molecule has 78 valence electrons. The van der Waals surface area contributed by atoms with Gasteiger partial charge in [0, 0.05) is 10.6 Å². The van der Waals surface area contributed by atoms with Crippen LogP contribution < -0.4 is 5.11 Å². The van der Waals surface area contributed by atoms with Crippen molar-refractivity contribution in [2.45, 2.75) is 11.8 Å². The van der Waals surface area contributed by atoms with Crippen LogP contribution in [0.25, 0.3) is 10.2 Å². The van der Waals surface area contributed by atoms with E-state index in [2.05, 4.69) is 4.98 Å². The summed E-state index contributed by atoms with van der Waals surface area (Å²) in [5.41, 5.74) is 0.931. The van der Waals surface area contributed by atoms with Crippen LogP contribution in [0.2, 0.25) is 0 Å². The van der Waals surface area contributed by atoms with E-state index in [-0.39, 0.29) is 5.75 Å². The number of thioether (sulfide) groups is 1. The predicted octanol–water partition coefficient (Wildman–Crippen LogP) is 1.45. The van der Waals surface area contributed by atoms with Crippen molar-refractivity contribution in [1.82, 2.24) is 4.98 Å². The fraction of sp³-hybridized carbons (Fsp3) is 0.200. The number of carboxylic acid groups (broad SMARTS) is 1. The highest BCUT2D eigenvalue weighted by Crippen LogP contribution is 2.26. The highest BCUT2D eigenvalue weighted by atomic mass is 32.2. The molecule has 2 rings (SSSR count). The molecule has 0 saturated carbocycles. The quantitative estimate of drug-likeness (QED) is 0.759. The molecule has 0 radical (unpaired) electrons. The fourth-order valence-corrected chi connectivity index (χ4v) is 2.71. The summed E-state index contributed by atoms with van der Waals surface area (Å²) in [5.74, 6) is -1.07. The van der Waals surface area contributed by atoms with Crippen molar-refractivity contribution in [3.05, 3.63) is 23.2 Å². The van der Waals surface area contributed by atoms with Crippen LogP contribution in [0.5, 0.6) is 0 Å². The maximum absolute atomic E-state index is 10.3. The predicted molar refractivity (Wildman–Crippen MR) is 60.1 cm³/mol. The SMILES string of the molecule is Cc1nc2cc(SCC(=O)[O-])ccc2s1. The van der Waals surface area contributed by atoms with Gasteiger partial charge in [-0.1, -0.05) is 0 Å². The van der Waals surface area contributed by atoms with Crippen LogP contribution in [0.1, 0.15) is 5.01 Å². The minimum absolute atomic E-state index is 0.0192. The Balaban J connectivity index is 2.26. The molecule has 0 bridgehead atoms. The second-order valence-electron chi connectivity index (χ2n) is 3.02. The molecule has 3 nitrogen and oxygen atoms in total. The van der Waals surface area contributed by atoms with Crippen LogP contribution in [0.3, 0.4) is 0 Å². The maximum atomic E-state index is 10.3. The molecule has 0 fully saturated rings. The number of fused-ring (bicyclic) bond motifs is 1. The van der Waals surface area contributed by atoms with E-state index in [0.29, 0.717) is 0 Å². The molecule has 2 aromatic rings. The topological polar surface area (TPSA) is 53.0 Å². The van der Waals surface area contributed by atoms with Gasteiger partial charge >= 0.3 is 0 Å². The molecule has 0 spiro atoms. The van der Waals surface area contributed by atoms with Gasteiger partial charge in [-0.05, 0) is 25.1 Å². The summed E-state index contributed by atoms with van der Waals surface area (Å²) in [6.07, 6.45) is 0. The zero-order valence-corrected chi connectivity index (χ0v) is 9.65. The zero-order chi connectivity index (χ0) is 10.8. The van der Waals surface area contributed by atoms with Gasteiger partial charge in [0.15, 0.2) is 0 Å². The minimum Gasteiger partial charge on any atom is -0.549 e. The molecular weight excluding hydrogens is 230 g/mol. The fourth-order valence-electron chi connectivity index (χ4n) is 1.25. The van der Waals surface area contributed by atoms with Crippen molar-refractivity contribution in [2.24, 2.45) is 0 Å². The molecule has 0 amide bonds. The minimum atomic E-state index is -1.05. The second-order valence-corrected chi connectivity index (χ2v) is 5.31. The molecule has 0 aliphatic heterocycles. The number of hydrogen-bond acceptors (Lipinski definition) is 5. The Morgan fingerprint density at radius 2 is 2.40 bits per heavy atom. The maximum Gasteiger partial charge on any atom is 0.0907 e. The van der Waals surface area contributed by atoms with E-state index in [9.17, 15) is 9.90 Å².